The van der Waals surface area contributed by atoms with Crippen LogP contribution in [0.1, 0.15) is 242 Å². The van der Waals surface area contributed by atoms with Crippen molar-refractivity contribution in [2.75, 3.05) is 0 Å². The molecule has 0 rings (SSSR count). The molecular formula is C45H94. The Balaban J connectivity index is -0.000000184. The predicted molar refractivity (Wildman–Crippen MR) is 218 cm³/mol. The molecule has 0 radical (unpaired) electrons. The van der Waals surface area contributed by atoms with Crippen molar-refractivity contribution in [2.24, 2.45) is 11.8 Å². The van der Waals surface area contributed by atoms with Crippen molar-refractivity contribution in [3.63, 3.8) is 0 Å². The molecule has 0 aliphatic carbocycles. The largest absolute Gasteiger partial charge is 0.103 e. The zero-order chi connectivity index (χ0) is 35.1. The van der Waals surface area contributed by atoms with Crippen LogP contribution in [0.25, 0.3) is 0 Å². The lowest BCUT2D eigenvalue weighted by Crippen LogP contribution is -2.01. The summed E-state index contributed by atoms with van der Waals surface area (Å²) in [4.78, 5) is 0. The van der Waals surface area contributed by atoms with E-state index in [1.807, 2.05) is 32.9 Å². The van der Waals surface area contributed by atoms with Crippen molar-refractivity contribution in [1.82, 2.24) is 0 Å². The molecule has 0 N–H and O–H groups in total. The lowest BCUT2D eigenvalue weighted by Gasteiger charge is -2.16. The van der Waals surface area contributed by atoms with Gasteiger partial charge in [0.1, 0.15) is 0 Å². The molecule has 0 saturated heterocycles. The Hall–Kier alpha value is -0.780. The van der Waals surface area contributed by atoms with Gasteiger partial charge >= 0.3 is 0 Å². The Labute approximate surface area is 291 Å². The summed E-state index contributed by atoms with van der Waals surface area (Å²) in [6, 6.07) is 0. The molecule has 45 heavy (non-hydrogen) atoms. The summed E-state index contributed by atoms with van der Waals surface area (Å²) in [6.45, 7) is 30.4. The van der Waals surface area contributed by atoms with Gasteiger partial charge in [0.15, 0.2) is 0 Å². The fourth-order valence-electron chi connectivity index (χ4n) is 5.57. The Bertz CT molecular complexity index is 451. The van der Waals surface area contributed by atoms with E-state index in [1.165, 1.54) is 180 Å². The zero-order valence-corrected chi connectivity index (χ0v) is 33.8. The van der Waals surface area contributed by atoms with E-state index in [9.17, 15) is 0 Å². The fraction of sp³-hybridized carbons (Fsp3) is 0.867. The van der Waals surface area contributed by atoms with E-state index in [0.717, 1.165) is 11.8 Å². The predicted octanol–water partition coefficient (Wildman–Crippen LogP) is 17.8. The fourth-order valence-corrected chi connectivity index (χ4v) is 5.57. The molecule has 0 nitrogen and oxygen atoms in total. The third-order valence-corrected chi connectivity index (χ3v) is 8.43. The van der Waals surface area contributed by atoms with Crippen molar-refractivity contribution in [1.29, 1.82) is 0 Å². The molecule has 0 spiro atoms. The maximum absolute atomic E-state index is 3.73. The van der Waals surface area contributed by atoms with E-state index in [-0.39, 0.29) is 0 Å². The van der Waals surface area contributed by atoms with Gasteiger partial charge in [-0.05, 0) is 38.0 Å². The highest BCUT2D eigenvalue weighted by Gasteiger charge is 2.08. The summed E-state index contributed by atoms with van der Waals surface area (Å²) in [5.74, 6) is 1.94. The van der Waals surface area contributed by atoms with Crippen molar-refractivity contribution < 1.29 is 0 Å². The Kier molecular flexibility index (Phi) is 70.1. The van der Waals surface area contributed by atoms with Crippen LogP contribution >= 0.6 is 0 Å². The smallest absolute Gasteiger partial charge is 0.0325 e. The first kappa shape index (κ1) is 53.7. The van der Waals surface area contributed by atoms with Crippen LogP contribution in [0.15, 0.2) is 38.0 Å². The van der Waals surface area contributed by atoms with Gasteiger partial charge in [-0.25, -0.2) is 0 Å². The molecule has 0 aromatic carbocycles. The van der Waals surface area contributed by atoms with Gasteiger partial charge < -0.3 is 0 Å². The van der Waals surface area contributed by atoms with Gasteiger partial charge in [0, 0.05) is 0 Å². The normalized spacial score (nSPS) is 10.5. The van der Waals surface area contributed by atoms with Crippen LogP contribution in [0.3, 0.4) is 0 Å². The molecule has 0 bridgehead atoms. The highest BCUT2D eigenvalue weighted by molar-refractivity contribution is 4.71. The molecule has 0 aromatic rings. The summed E-state index contributed by atoms with van der Waals surface area (Å²) in [7, 11) is 0. The second-order valence-electron chi connectivity index (χ2n) is 13.0. The average Bonchev–Trinajstić information content (AvgIpc) is 3.05. The first-order valence-corrected chi connectivity index (χ1v) is 20.8. The van der Waals surface area contributed by atoms with Crippen molar-refractivity contribution in [2.45, 2.75) is 242 Å². The lowest BCUT2D eigenvalue weighted by molar-refractivity contribution is 0.370. The Morgan fingerprint density at radius 2 is 0.733 bits per heavy atom. The first-order chi connectivity index (χ1) is 22.0. The van der Waals surface area contributed by atoms with Gasteiger partial charge in [-0.15, -0.1) is 19.7 Å². The first-order valence-electron chi connectivity index (χ1n) is 20.8. The quantitative estimate of drug-likeness (QED) is 0.0567. The van der Waals surface area contributed by atoms with Crippen molar-refractivity contribution in [3.05, 3.63) is 38.0 Å². The SMILES string of the molecule is C=CC.C=CCC(CC)CCC.C=CCCCCCCCC.CC.CCCCCCCCCCC(CCCCC)CCCCC. The van der Waals surface area contributed by atoms with E-state index in [4.69, 9.17) is 0 Å². The molecule has 0 heteroatoms. The van der Waals surface area contributed by atoms with Gasteiger partial charge in [0.25, 0.3) is 0 Å². The summed E-state index contributed by atoms with van der Waals surface area (Å²) in [5.41, 5.74) is 0. The van der Waals surface area contributed by atoms with E-state index in [0.29, 0.717) is 0 Å². The average molecular weight is 635 g/mol. The van der Waals surface area contributed by atoms with E-state index in [1.54, 1.807) is 6.08 Å². The number of rotatable bonds is 29. The minimum atomic E-state index is 0.896. The standard InChI is InChI=1S/C21H44.C10H20.C9H18.C3H6.C2H6/c1-4-7-10-11-12-13-14-17-20-21(18-15-8-5-2)19-16-9-6-3;1-3-5-7-9-10-8-6-4-2;1-4-7-9(6-3)8-5-2;1-3-2;1-2/h21H,4-20H2,1-3H3;3H,1,4-10H2,2H3;4,9H,1,5-8H2,2-3H3;3H,1H2,2H3;1-2H3. The van der Waals surface area contributed by atoms with Crippen molar-refractivity contribution >= 4 is 0 Å². The van der Waals surface area contributed by atoms with Crippen LogP contribution in [0, 0.1) is 11.8 Å². The minimum absolute atomic E-state index is 0.896. The van der Waals surface area contributed by atoms with Gasteiger partial charge in [0.2, 0.25) is 0 Å². The summed E-state index contributed by atoms with van der Waals surface area (Å²) in [6.07, 6.45) is 45.4. The Morgan fingerprint density at radius 1 is 0.400 bits per heavy atom. The topological polar surface area (TPSA) is 0 Å². The van der Waals surface area contributed by atoms with Crippen LogP contribution in [-0.4, -0.2) is 0 Å². The molecule has 0 aliphatic heterocycles. The van der Waals surface area contributed by atoms with Crippen LogP contribution in [0.2, 0.25) is 0 Å². The molecule has 1 unspecified atom stereocenters. The summed E-state index contributed by atoms with van der Waals surface area (Å²) in [5, 5.41) is 0. The number of allylic oxidation sites excluding steroid dienone is 3. The maximum atomic E-state index is 3.73. The molecule has 0 heterocycles. The minimum Gasteiger partial charge on any atom is -0.103 e. The third-order valence-electron chi connectivity index (χ3n) is 8.43. The number of unbranched alkanes of at least 4 members (excludes halogenated alkanes) is 17. The maximum Gasteiger partial charge on any atom is -0.0325 e. The van der Waals surface area contributed by atoms with E-state index < -0.39 is 0 Å². The second kappa shape index (κ2) is 58.7. The molecule has 0 saturated carbocycles. The highest BCUT2D eigenvalue weighted by atomic mass is 14.1. The summed E-state index contributed by atoms with van der Waals surface area (Å²) >= 11 is 0. The molecular weight excluding hydrogens is 540 g/mol. The molecule has 274 valence electrons. The number of hydrogen-bond donors (Lipinski definition) is 0. The molecule has 0 amide bonds. The van der Waals surface area contributed by atoms with Crippen molar-refractivity contribution in [3.8, 4) is 0 Å². The molecule has 1 atom stereocenters. The highest BCUT2D eigenvalue weighted by Crippen LogP contribution is 2.24. The van der Waals surface area contributed by atoms with E-state index in [2.05, 4.69) is 61.3 Å². The lowest BCUT2D eigenvalue weighted by atomic mass is 9.90. The van der Waals surface area contributed by atoms with Crippen LogP contribution in [0.5, 0.6) is 0 Å². The molecule has 0 fully saturated rings. The summed E-state index contributed by atoms with van der Waals surface area (Å²) < 4.78 is 0. The van der Waals surface area contributed by atoms with Gasteiger partial charge in [-0.2, -0.15) is 0 Å². The van der Waals surface area contributed by atoms with Crippen LogP contribution < -0.4 is 0 Å². The molecule has 0 aromatic heterocycles. The number of hydrogen-bond acceptors (Lipinski definition) is 0. The second-order valence-corrected chi connectivity index (χ2v) is 13.0. The zero-order valence-electron chi connectivity index (χ0n) is 33.8. The van der Waals surface area contributed by atoms with Gasteiger partial charge in [0.05, 0.1) is 0 Å². The third kappa shape index (κ3) is 62.7. The molecule has 0 aliphatic rings. The Morgan fingerprint density at radius 3 is 1.07 bits per heavy atom. The van der Waals surface area contributed by atoms with Crippen LogP contribution in [-0.2, 0) is 0 Å². The van der Waals surface area contributed by atoms with E-state index >= 15 is 0 Å². The monoisotopic (exact) mass is 635 g/mol. The van der Waals surface area contributed by atoms with Crippen LogP contribution in [0.4, 0.5) is 0 Å². The van der Waals surface area contributed by atoms with Gasteiger partial charge in [-0.3, -0.25) is 0 Å². The van der Waals surface area contributed by atoms with Gasteiger partial charge in [-0.1, -0.05) is 234 Å².